The predicted molar refractivity (Wildman–Crippen MR) is 62.8 cm³/mol. The van der Waals surface area contributed by atoms with Crippen LogP contribution in [0.1, 0.15) is 36.0 Å². The first-order chi connectivity index (χ1) is 7.66. The number of hydrogen-bond acceptors (Lipinski definition) is 2. The van der Waals surface area contributed by atoms with E-state index in [-0.39, 0.29) is 22.7 Å². The van der Waals surface area contributed by atoms with Crippen molar-refractivity contribution in [3.05, 3.63) is 28.8 Å². The molecule has 0 spiro atoms. The van der Waals surface area contributed by atoms with E-state index in [1.54, 1.807) is 6.07 Å². The quantitative estimate of drug-likeness (QED) is 0.834. The standard InChI is InChI=1S/C12H14ClNO2/c13-11-7-9(15)5-6-10(11)12(16)14-8-3-1-2-4-8/h5-8,15H,1-4H2,(H,14,16). The van der Waals surface area contributed by atoms with Gasteiger partial charge in [-0.3, -0.25) is 4.79 Å². The van der Waals surface area contributed by atoms with Gasteiger partial charge in [0.25, 0.3) is 5.91 Å². The van der Waals surface area contributed by atoms with Crippen LogP contribution in [0.3, 0.4) is 0 Å². The van der Waals surface area contributed by atoms with E-state index in [9.17, 15) is 9.90 Å². The predicted octanol–water partition coefficient (Wildman–Crippen LogP) is 2.72. The van der Waals surface area contributed by atoms with Gasteiger partial charge in [0.05, 0.1) is 10.6 Å². The Bertz CT molecular complexity index is 400. The maximum atomic E-state index is 11.9. The molecule has 0 saturated heterocycles. The van der Waals surface area contributed by atoms with Crippen LogP contribution in [0.15, 0.2) is 18.2 Å². The number of halogens is 1. The van der Waals surface area contributed by atoms with E-state index in [4.69, 9.17) is 11.6 Å². The highest BCUT2D eigenvalue weighted by atomic mass is 35.5. The van der Waals surface area contributed by atoms with Crippen molar-refractivity contribution >= 4 is 17.5 Å². The summed E-state index contributed by atoms with van der Waals surface area (Å²) in [5.74, 6) is -0.0840. The lowest BCUT2D eigenvalue weighted by Gasteiger charge is -2.12. The van der Waals surface area contributed by atoms with E-state index in [1.807, 2.05) is 0 Å². The third kappa shape index (κ3) is 2.47. The average molecular weight is 240 g/mol. The second-order valence-electron chi connectivity index (χ2n) is 4.12. The van der Waals surface area contributed by atoms with Gasteiger partial charge in [-0.05, 0) is 31.0 Å². The third-order valence-corrected chi connectivity index (χ3v) is 3.20. The first-order valence-corrected chi connectivity index (χ1v) is 5.84. The molecule has 2 rings (SSSR count). The summed E-state index contributed by atoms with van der Waals surface area (Å²) < 4.78 is 0. The average Bonchev–Trinajstić information content (AvgIpc) is 2.70. The molecular formula is C12H14ClNO2. The number of carbonyl (C=O) groups is 1. The van der Waals surface area contributed by atoms with Gasteiger partial charge in [-0.1, -0.05) is 24.4 Å². The van der Waals surface area contributed by atoms with E-state index >= 15 is 0 Å². The van der Waals surface area contributed by atoms with Crippen molar-refractivity contribution in [3.63, 3.8) is 0 Å². The maximum absolute atomic E-state index is 11.9. The maximum Gasteiger partial charge on any atom is 0.253 e. The summed E-state index contributed by atoms with van der Waals surface area (Å²) in [5, 5.41) is 12.4. The molecule has 0 radical (unpaired) electrons. The van der Waals surface area contributed by atoms with Gasteiger partial charge in [0.2, 0.25) is 0 Å². The van der Waals surface area contributed by atoms with Crippen molar-refractivity contribution in [2.75, 3.05) is 0 Å². The van der Waals surface area contributed by atoms with E-state index in [2.05, 4.69) is 5.32 Å². The largest absolute Gasteiger partial charge is 0.508 e. The lowest BCUT2D eigenvalue weighted by Crippen LogP contribution is -2.32. The molecule has 1 aliphatic carbocycles. The molecule has 3 nitrogen and oxygen atoms in total. The second kappa shape index (κ2) is 4.74. The van der Waals surface area contributed by atoms with Gasteiger partial charge in [-0.15, -0.1) is 0 Å². The Kier molecular flexibility index (Phi) is 3.34. The van der Waals surface area contributed by atoms with Gasteiger partial charge in [0, 0.05) is 6.04 Å². The summed E-state index contributed by atoms with van der Waals surface area (Å²) in [4.78, 5) is 11.9. The second-order valence-corrected chi connectivity index (χ2v) is 4.53. The van der Waals surface area contributed by atoms with Crippen LogP contribution in [0.5, 0.6) is 5.75 Å². The van der Waals surface area contributed by atoms with E-state index in [0.29, 0.717) is 5.56 Å². The minimum Gasteiger partial charge on any atom is -0.508 e. The monoisotopic (exact) mass is 239 g/mol. The number of phenols is 1. The number of aromatic hydroxyl groups is 1. The molecule has 86 valence electrons. The molecule has 0 unspecified atom stereocenters. The van der Waals surface area contributed by atoms with Crippen LogP contribution >= 0.6 is 11.6 Å². The number of carbonyl (C=O) groups excluding carboxylic acids is 1. The summed E-state index contributed by atoms with van der Waals surface area (Å²) in [5.41, 5.74) is 0.423. The Morgan fingerprint density at radius 3 is 2.69 bits per heavy atom. The molecular weight excluding hydrogens is 226 g/mol. The molecule has 4 heteroatoms. The Morgan fingerprint density at radius 1 is 1.38 bits per heavy atom. The van der Waals surface area contributed by atoms with Crippen molar-refractivity contribution in [3.8, 4) is 5.75 Å². The van der Waals surface area contributed by atoms with E-state index in [0.717, 1.165) is 12.8 Å². The Morgan fingerprint density at radius 2 is 2.06 bits per heavy atom. The Balaban J connectivity index is 2.08. The van der Waals surface area contributed by atoms with Crippen molar-refractivity contribution in [1.82, 2.24) is 5.32 Å². The highest BCUT2D eigenvalue weighted by molar-refractivity contribution is 6.34. The van der Waals surface area contributed by atoms with E-state index < -0.39 is 0 Å². The van der Waals surface area contributed by atoms with Gasteiger partial charge in [0.15, 0.2) is 0 Å². The van der Waals surface area contributed by atoms with Crippen LogP contribution < -0.4 is 5.32 Å². The Hall–Kier alpha value is -1.22. The summed E-state index contributed by atoms with van der Waals surface area (Å²) >= 11 is 5.89. The van der Waals surface area contributed by atoms with Gasteiger partial charge >= 0.3 is 0 Å². The topological polar surface area (TPSA) is 49.3 Å². The molecule has 1 aromatic rings. The van der Waals surface area contributed by atoms with Crippen molar-refractivity contribution in [2.24, 2.45) is 0 Å². The summed E-state index contributed by atoms with van der Waals surface area (Å²) in [6.07, 6.45) is 4.44. The molecule has 1 saturated carbocycles. The van der Waals surface area contributed by atoms with Crippen molar-refractivity contribution in [2.45, 2.75) is 31.7 Å². The summed E-state index contributed by atoms with van der Waals surface area (Å²) in [6, 6.07) is 4.67. The normalized spacial score (nSPS) is 16.3. The molecule has 2 N–H and O–H groups in total. The lowest BCUT2D eigenvalue weighted by atomic mass is 10.1. The van der Waals surface area contributed by atoms with Gasteiger partial charge in [-0.2, -0.15) is 0 Å². The first-order valence-electron chi connectivity index (χ1n) is 5.46. The number of amides is 1. The zero-order chi connectivity index (χ0) is 11.5. The SMILES string of the molecule is O=C(NC1CCCC1)c1ccc(O)cc1Cl. The van der Waals surface area contributed by atoms with Gasteiger partial charge < -0.3 is 10.4 Å². The molecule has 1 amide bonds. The van der Waals surface area contributed by atoms with Crippen LogP contribution in [0.25, 0.3) is 0 Å². The minimum absolute atomic E-state index is 0.0717. The molecule has 0 aromatic heterocycles. The molecule has 0 heterocycles. The minimum atomic E-state index is -0.156. The molecule has 16 heavy (non-hydrogen) atoms. The highest BCUT2D eigenvalue weighted by Gasteiger charge is 2.19. The third-order valence-electron chi connectivity index (χ3n) is 2.89. The fourth-order valence-corrected chi connectivity index (χ4v) is 2.28. The van der Waals surface area contributed by atoms with Crippen LogP contribution in [-0.2, 0) is 0 Å². The van der Waals surface area contributed by atoms with Crippen LogP contribution in [0.4, 0.5) is 0 Å². The smallest absolute Gasteiger partial charge is 0.253 e. The molecule has 1 aliphatic rings. The number of nitrogens with one attached hydrogen (secondary N) is 1. The molecule has 1 aromatic carbocycles. The van der Waals surface area contributed by atoms with Crippen LogP contribution in [0.2, 0.25) is 5.02 Å². The molecule has 0 aliphatic heterocycles. The van der Waals surface area contributed by atoms with E-state index in [1.165, 1.54) is 25.0 Å². The van der Waals surface area contributed by atoms with Crippen molar-refractivity contribution in [1.29, 1.82) is 0 Å². The first kappa shape index (κ1) is 11.3. The zero-order valence-electron chi connectivity index (χ0n) is 8.87. The summed E-state index contributed by atoms with van der Waals surface area (Å²) in [7, 11) is 0. The zero-order valence-corrected chi connectivity index (χ0v) is 9.63. The summed E-state index contributed by atoms with van der Waals surface area (Å²) in [6.45, 7) is 0. The van der Waals surface area contributed by atoms with Crippen molar-refractivity contribution < 1.29 is 9.90 Å². The lowest BCUT2D eigenvalue weighted by molar-refractivity contribution is 0.0938. The number of benzene rings is 1. The van der Waals surface area contributed by atoms with Gasteiger partial charge in [-0.25, -0.2) is 0 Å². The van der Waals surface area contributed by atoms with Crippen LogP contribution in [-0.4, -0.2) is 17.1 Å². The molecule has 0 bridgehead atoms. The fraction of sp³-hybridized carbons (Fsp3) is 0.417. The fourth-order valence-electron chi connectivity index (χ4n) is 2.02. The van der Waals surface area contributed by atoms with Gasteiger partial charge in [0.1, 0.15) is 5.75 Å². The Labute approximate surface area is 99.4 Å². The molecule has 1 fully saturated rings. The number of rotatable bonds is 2. The number of hydrogen-bond donors (Lipinski definition) is 2. The van der Waals surface area contributed by atoms with Crippen LogP contribution in [0, 0.1) is 0 Å². The number of phenolic OH excluding ortho intramolecular Hbond substituents is 1. The molecule has 0 atom stereocenters. The highest BCUT2D eigenvalue weighted by Crippen LogP contribution is 2.23.